The summed E-state index contributed by atoms with van der Waals surface area (Å²) >= 11 is 0. The van der Waals surface area contributed by atoms with Crippen molar-refractivity contribution in [1.82, 2.24) is 9.97 Å². The molecule has 5 rings (SSSR count). The highest BCUT2D eigenvalue weighted by Crippen LogP contribution is 2.61. The van der Waals surface area contributed by atoms with E-state index in [1.54, 1.807) is 0 Å². The van der Waals surface area contributed by atoms with Crippen LogP contribution >= 0.6 is 0 Å². The number of nitrogens with zero attached hydrogens (tertiary/aromatic N) is 2. The largest absolute Gasteiger partial charge is 0.327 e. The van der Waals surface area contributed by atoms with Gasteiger partial charge in [0.1, 0.15) is 5.82 Å². The van der Waals surface area contributed by atoms with E-state index in [1.807, 2.05) is 19.2 Å². The topological polar surface area (TPSA) is 51.8 Å². The van der Waals surface area contributed by atoms with E-state index in [1.165, 1.54) is 38.5 Å². The zero-order valence-corrected chi connectivity index (χ0v) is 12.4. The Morgan fingerprint density at radius 3 is 2.35 bits per heavy atom. The Bertz CT molecular complexity index is 475. The quantitative estimate of drug-likeness (QED) is 0.919. The molecule has 3 nitrogen and oxygen atoms in total. The van der Waals surface area contributed by atoms with Gasteiger partial charge < -0.3 is 5.73 Å². The first-order chi connectivity index (χ1) is 9.63. The number of hydrogen-bond donors (Lipinski definition) is 1. The van der Waals surface area contributed by atoms with Crippen LogP contribution in [0, 0.1) is 30.1 Å². The summed E-state index contributed by atoms with van der Waals surface area (Å²) in [5.41, 5.74) is 8.24. The molecule has 1 heterocycles. The lowest BCUT2D eigenvalue weighted by atomic mass is 9.47. The standard InChI is InChI=1S/C17H25N3/c1-11-19-3-2-15(20-11)7-16(18)17-8-12-4-13(9-17)6-14(5-12)10-17/h2-3,12-14,16H,4-10,18H2,1H3. The molecule has 1 aromatic rings. The fraction of sp³-hybridized carbons (Fsp3) is 0.765. The van der Waals surface area contributed by atoms with Crippen LogP contribution in [0.5, 0.6) is 0 Å². The van der Waals surface area contributed by atoms with Gasteiger partial charge in [-0.25, -0.2) is 9.97 Å². The summed E-state index contributed by atoms with van der Waals surface area (Å²) in [6.45, 7) is 1.96. The molecule has 0 saturated heterocycles. The van der Waals surface area contributed by atoms with Gasteiger partial charge in [-0.05, 0) is 74.7 Å². The van der Waals surface area contributed by atoms with Crippen LogP contribution in [0.1, 0.15) is 50.0 Å². The van der Waals surface area contributed by atoms with E-state index in [0.29, 0.717) is 5.41 Å². The molecule has 4 aliphatic rings. The van der Waals surface area contributed by atoms with E-state index in [4.69, 9.17) is 5.73 Å². The summed E-state index contributed by atoms with van der Waals surface area (Å²) in [6.07, 6.45) is 11.4. The first-order valence-corrected chi connectivity index (χ1v) is 8.17. The Balaban J connectivity index is 1.54. The van der Waals surface area contributed by atoms with Crippen molar-refractivity contribution in [3.63, 3.8) is 0 Å². The lowest BCUT2D eigenvalue weighted by molar-refractivity contribution is -0.0669. The van der Waals surface area contributed by atoms with Crippen LogP contribution in [0.4, 0.5) is 0 Å². The van der Waals surface area contributed by atoms with Crippen molar-refractivity contribution in [2.75, 3.05) is 0 Å². The first-order valence-electron chi connectivity index (χ1n) is 8.17. The fourth-order valence-electron chi connectivity index (χ4n) is 5.69. The normalized spacial score (nSPS) is 40.0. The van der Waals surface area contributed by atoms with Crippen LogP contribution in [0.25, 0.3) is 0 Å². The highest BCUT2D eigenvalue weighted by Gasteiger charge is 2.53. The van der Waals surface area contributed by atoms with Crippen molar-refractivity contribution in [3.8, 4) is 0 Å². The van der Waals surface area contributed by atoms with Gasteiger partial charge in [-0.15, -0.1) is 0 Å². The maximum Gasteiger partial charge on any atom is 0.125 e. The molecule has 2 N–H and O–H groups in total. The van der Waals surface area contributed by atoms with Gasteiger partial charge >= 0.3 is 0 Å². The van der Waals surface area contributed by atoms with Crippen molar-refractivity contribution in [3.05, 3.63) is 23.8 Å². The summed E-state index contributed by atoms with van der Waals surface area (Å²) < 4.78 is 0. The predicted octanol–water partition coefficient (Wildman–Crippen LogP) is 2.87. The second-order valence-electron chi connectivity index (χ2n) is 7.69. The van der Waals surface area contributed by atoms with Gasteiger partial charge in [0.15, 0.2) is 0 Å². The van der Waals surface area contributed by atoms with Gasteiger partial charge in [-0.1, -0.05) is 0 Å². The number of hydrogen-bond acceptors (Lipinski definition) is 3. The summed E-state index contributed by atoms with van der Waals surface area (Å²) in [4.78, 5) is 8.74. The van der Waals surface area contributed by atoms with Crippen LogP contribution in [0.15, 0.2) is 12.3 Å². The van der Waals surface area contributed by atoms with Crippen LogP contribution < -0.4 is 5.73 Å². The zero-order chi connectivity index (χ0) is 13.7. The molecule has 4 aliphatic carbocycles. The van der Waals surface area contributed by atoms with Crippen LogP contribution in [0.3, 0.4) is 0 Å². The number of aryl methyl sites for hydroxylation is 1. The molecule has 20 heavy (non-hydrogen) atoms. The molecule has 1 atom stereocenters. The molecule has 3 heteroatoms. The van der Waals surface area contributed by atoms with E-state index < -0.39 is 0 Å². The van der Waals surface area contributed by atoms with Crippen molar-refractivity contribution >= 4 is 0 Å². The fourth-order valence-corrected chi connectivity index (χ4v) is 5.69. The first kappa shape index (κ1) is 12.8. The Hall–Kier alpha value is -0.960. The van der Waals surface area contributed by atoms with Crippen molar-refractivity contribution in [2.45, 2.75) is 57.9 Å². The molecular weight excluding hydrogens is 246 g/mol. The minimum Gasteiger partial charge on any atom is -0.327 e. The Morgan fingerprint density at radius 2 is 1.80 bits per heavy atom. The lowest BCUT2D eigenvalue weighted by Gasteiger charge is -2.59. The Labute approximate surface area is 121 Å². The summed E-state index contributed by atoms with van der Waals surface area (Å²) in [5, 5.41) is 0. The second-order valence-corrected chi connectivity index (χ2v) is 7.69. The van der Waals surface area contributed by atoms with E-state index in [9.17, 15) is 0 Å². The number of nitrogens with two attached hydrogens (primary N) is 1. The molecule has 4 saturated carbocycles. The summed E-state index contributed by atoms with van der Waals surface area (Å²) in [5.74, 6) is 3.78. The number of rotatable bonds is 3. The Morgan fingerprint density at radius 1 is 1.20 bits per heavy atom. The van der Waals surface area contributed by atoms with E-state index in [-0.39, 0.29) is 6.04 Å². The molecule has 0 amide bonds. The molecule has 0 spiro atoms. The third-order valence-corrected chi connectivity index (χ3v) is 6.13. The van der Waals surface area contributed by atoms with Crippen LogP contribution in [-0.2, 0) is 6.42 Å². The van der Waals surface area contributed by atoms with Gasteiger partial charge in [0.25, 0.3) is 0 Å². The SMILES string of the molecule is Cc1nccc(CC(N)C23CC4CC(CC(C4)C2)C3)n1. The Kier molecular flexibility index (Phi) is 2.88. The van der Waals surface area contributed by atoms with Gasteiger partial charge in [-0.2, -0.15) is 0 Å². The second kappa shape index (κ2) is 4.52. The van der Waals surface area contributed by atoms with E-state index in [2.05, 4.69) is 9.97 Å². The summed E-state index contributed by atoms with van der Waals surface area (Å²) in [6, 6.07) is 2.32. The van der Waals surface area contributed by atoms with Gasteiger partial charge in [-0.3, -0.25) is 0 Å². The third-order valence-electron chi connectivity index (χ3n) is 6.13. The van der Waals surface area contributed by atoms with Gasteiger partial charge in [0, 0.05) is 24.4 Å². The van der Waals surface area contributed by atoms with Crippen LogP contribution in [-0.4, -0.2) is 16.0 Å². The molecule has 1 unspecified atom stereocenters. The van der Waals surface area contributed by atoms with Crippen LogP contribution in [0.2, 0.25) is 0 Å². The highest BCUT2D eigenvalue weighted by molar-refractivity contribution is 5.10. The maximum atomic E-state index is 6.69. The minimum absolute atomic E-state index is 0.283. The van der Waals surface area contributed by atoms with Crippen molar-refractivity contribution < 1.29 is 0 Å². The van der Waals surface area contributed by atoms with Gasteiger partial charge in [0.05, 0.1) is 0 Å². The van der Waals surface area contributed by atoms with E-state index >= 15 is 0 Å². The molecule has 108 valence electrons. The molecule has 1 aromatic heterocycles. The smallest absolute Gasteiger partial charge is 0.125 e. The average molecular weight is 271 g/mol. The molecular formula is C17H25N3. The highest BCUT2D eigenvalue weighted by atomic mass is 14.9. The van der Waals surface area contributed by atoms with Gasteiger partial charge in [0.2, 0.25) is 0 Å². The maximum absolute atomic E-state index is 6.69. The third kappa shape index (κ3) is 2.07. The lowest BCUT2D eigenvalue weighted by Crippen LogP contribution is -2.55. The van der Waals surface area contributed by atoms with Crippen molar-refractivity contribution in [2.24, 2.45) is 28.9 Å². The summed E-state index contributed by atoms with van der Waals surface area (Å²) in [7, 11) is 0. The molecule has 0 radical (unpaired) electrons. The molecule has 0 aromatic carbocycles. The monoisotopic (exact) mass is 271 g/mol. The van der Waals surface area contributed by atoms with Crippen molar-refractivity contribution in [1.29, 1.82) is 0 Å². The molecule has 4 bridgehead atoms. The molecule has 0 aliphatic heterocycles. The van der Waals surface area contributed by atoms with E-state index in [0.717, 1.165) is 35.7 Å². The molecule has 4 fully saturated rings. The average Bonchev–Trinajstić information content (AvgIpc) is 2.37. The zero-order valence-electron chi connectivity index (χ0n) is 12.4. The minimum atomic E-state index is 0.283. The number of aromatic nitrogens is 2. The predicted molar refractivity (Wildman–Crippen MR) is 79.1 cm³/mol.